The summed E-state index contributed by atoms with van der Waals surface area (Å²) in [5.74, 6) is 0.971. The van der Waals surface area contributed by atoms with E-state index in [2.05, 4.69) is 33.0 Å². The molecule has 3 unspecified atom stereocenters. The summed E-state index contributed by atoms with van der Waals surface area (Å²) < 4.78 is 0. The van der Waals surface area contributed by atoms with Crippen LogP contribution in [0.4, 0.5) is 0 Å². The third-order valence-electron chi connectivity index (χ3n) is 7.22. The topological polar surface area (TPSA) is 12.0 Å². The van der Waals surface area contributed by atoms with E-state index in [1.165, 1.54) is 77.2 Å². The van der Waals surface area contributed by atoms with Crippen LogP contribution in [0.15, 0.2) is 0 Å². The largest absolute Gasteiger partial charge is 0.313 e. The van der Waals surface area contributed by atoms with Crippen LogP contribution in [0.5, 0.6) is 0 Å². The Bertz CT molecular complexity index is 309. The first-order valence-electron chi connectivity index (χ1n) is 9.75. The quantitative estimate of drug-likeness (QED) is 0.492. The Balaban J connectivity index is 1.54. The minimum absolute atomic E-state index is 0.553. The lowest BCUT2D eigenvalue weighted by Gasteiger charge is -2.39. The first-order chi connectivity index (χ1) is 10.0. The molecule has 2 bridgehead atoms. The van der Waals surface area contributed by atoms with Crippen molar-refractivity contribution in [1.82, 2.24) is 5.32 Å². The monoisotopic (exact) mass is 293 g/mol. The summed E-state index contributed by atoms with van der Waals surface area (Å²) in [6.07, 6.45) is 15.8. The average Bonchev–Trinajstić information content (AvgIpc) is 2.78. The van der Waals surface area contributed by atoms with Gasteiger partial charge in [-0.2, -0.15) is 0 Å². The molecule has 0 saturated heterocycles. The molecule has 21 heavy (non-hydrogen) atoms. The summed E-state index contributed by atoms with van der Waals surface area (Å²) in [5.41, 5.74) is 1.11. The highest BCUT2D eigenvalue weighted by atomic mass is 15.0. The van der Waals surface area contributed by atoms with Gasteiger partial charge in [-0.1, -0.05) is 72.6 Å². The maximum Gasteiger partial charge on any atom is 0.0129 e. The van der Waals surface area contributed by atoms with Gasteiger partial charge in [-0.25, -0.2) is 0 Å². The van der Waals surface area contributed by atoms with Crippen LogP contribution in [0.2, 0.25) is 0 Å². The molecule has 0 aromatic heterocycles. The maximum absolute atomic E-state index is 3.92. The molecule has 0 radical (unpaired) electrons. The third-order valence-corrected chi connectivity index (χ3v) is 7.22. The lowest BCUT2D eigenvalue weighted by molar-refractivity contribution is 0.121. The molecule has 0 aromatic rings. The summed E-state index contributed by atoms with van der Waals surface area (Å²) in [5, 5.41) is 3.92. The van der Waals surface area contributed by atoms with E-state index in [0.717, 1.165) is 12.0 Å². The van der Waals surface area contributed by atoms with Crippen molar-refractivity contribution in [3.8, 4) is 0 Å². The molecule has 1 nitrogen and oxygen atoms in total. The predicted molar refractivity (Wildman–Crippen MR) is 93.6 cm³/mol. The van der Waals surface area contributed by atoms with Gasteiger partial charge in [-0.3, -0.25) is 0 Å². The zero-order valence-electron chi connectivity index (χ0n) is 15.1. The van der Waals surface area contributed by atoms with E-state index in [0.29, 0.717) is 10.8 Å². The first-order valence-corrected chi connectivity index (χ1v) is 9.75. The molecule has 2 aliphatic rings. The molecule has 0 amide bonds. The van der Waals surface area contributed by atoms with E-state index in [9.17, 15) is 0 Å². The standard InChI is InChI=1S/C20H39N/c1-5-6-7-8-9-10-11-12-15-21-18-16-17-13-14-20(18,4)19(17,2)3/h17-18,21H,5-16H2,1-4H3. The fourth-order valence-corrected chi connectivity index (χ4v) is 5.05. The zero-order chi connectivity index (χ0) is 15.3. The zero-order valence-corrected chi connectivity index (χ0v) is 15.1. The average molecular weight is 294 g/mol. The minimum atomic E-state index is 0.553. The maximum atomic E-state index is 3.92. The molecule has 2 saturated carbocycles. The van der Waals surface area contributed by atoms with Gasteiger partial charge in [0.1, 0.15) is 0 Å². The van der Waals surface area contributed by atoms with Crippen LogP contribution in [0, 0.1) is 16.7 Å². The minimum Gasteiger partial charge on any atom is -0.313 e. The van der Waals surface area contributed by atoms with Crippen LogP contribution >= 0.6 is 0 Å². The molecule has 0 spiro atoms. The molecule has 124 valence electrons. The van der Waals surface area contributed by atoms with Gasteiger partial charge in [-0.05, 0) is 49.0 Å². The van der Waals surface area contributed by atoms with Gasteiger partial charge < -0.3 is 5.32 Å². The van der Waals surface area contributed by atoms with E-state index in [1.807, 2.05) is 0 Å². The third kappa shape index (κ3) is 3.66. The second-order valence-corrected chi connectivity index (χ2v) is 8.59. The number of nitrogens with one attached hydrogen (secondary N) is 1. The van der Waals surface area contributed by atoms with Gasteiger partial charge in [-0.15, -0.1) is 0 Å². The summed E-state index contributed by atoms with van der Waals surface area (Å²) >= 11 is 0. The fourth-order valence-electron chi connectivity index (χ4n) is 5.05. The second-order valence-electron chi connectivity index (χ2n) is 8.59. The normalized spacial score (nSPS) is 33.7. The smallest absolute Gasteiger partial charge is 0.0129 e. The van der Waals surface area contributed by atoms with Crippen molar-refractivity contribution in [3.63, 3.8) is 0 Å². The van der Waals surface area contributed by atoms with Crippen molar-refractivity contribution in [2.24, 2.45) is 16.7 Å². The number of unbranched alkanes of at least 4 members (excludes halogenated alkanes) is 7. The van der Waals surface area contributed by atoms with Gasteiger partial charge in [0, 0.05) is 6.04 Å². The number of rotatable bonds is 10. The highest BCUT2D eigenvalue weighted by Gasteiger charge is 2.60. The van der Waals surface area contributed by atoms with Crippen molar-refractivity contribution in [3.05, 3.63) is 0 Å². The lowest BCUT2D eigenvalue weighted by Crippen LogP contribution is -2.44. The number of hydrogen-bond donors (Lipinski definition) is 1. The Kier molecular flexibility index (Phi) is 6.17. The summed E-state index contributed by atoms with van der Waals surface area (Å²) in [6.45, 7) is 11.1. The molecule has 2 rings (SSSR count). The Hall–Kier alpha value is -0.0400. The van der Waals surface area contributed by atoms with Gasteiger partial charge in [0.25, 0.3) is 0 Å². The molecule has 0 aromatic carbocycles. The van der Waals surface area contributed by atoms with E-state index >= 15 is 0 Å². The highest BCUT2D eigenvalue weighted by Crippen LogP contribution is 2.65. The highest BCUT2D eigenvalue weighted by molar-refractivity contribution is 5.12. The SMILES string of the molecule is CCCCCCCCCCNC1CC2CCC1(C)C2(C)C. The summed E-state index contributed by atoms with van der Waals surface area (Å²) in [4.78, 5) is 0. The van der Waals surface area contributed by atoms with Crippen molar-refractivity contribution in [2.45, 2.75) is 104 Å². The Morgan fingerprint density at radius 3 is 2.05 bits per heavy atom. The van der Waals surface area contributed by atoms with E-state index in [1.54, 1.807) is 0 Å². The van der Waals surface area contributed by atoms with Crippen LogP contribution in [0.25, 0.3) is 0 Å². The molecule has 0 heterocycles. The van der Waals surface area contributed by atoms with Crippen LogP contribution in [0.1, 0.15) is 98.3 Å². The lowest BCUT2D eigenvalue weighted by atomic mass is 9.69. The molecule has 1 heteroatoms. The number of fused-ring (bicyclic) bond motifs is 2. The van der Waals surface area contributed by atoms with Crippen LogP contribution in [0.3, 0.4) is 0 Å². The van der Waals surface area contributed by atoms with E-state index in [4.69, 9.17) is 0 Å². The Labute approximate surface area is 133 Å². The molecule has 1 N–H and O–H groups in total. The van der Waals surface area contributed by atoms with Crippen LogP contribution in [-0.2, 0) is 0 Å². The summed E-state index contributed by atoms with van der Waals surface area (Å²) in [7, 11) is 0. The van der Waals surface area contributed by atoms with Gasteiger partial charge in [0.2, 0.25) is 0 Å². The van der Waals surface area contributed by atoms with Crippen LogP contribution in [-0.4, -0.2) is 12.6 Å². The van der Waals surface area contributed by atoms with Crippen LogP contribution < -0.4 is 5.32 Å². The molecule has 2 aliphatic carbocycles. The van der Waals surface area contributed by atoms with Crippen molar-refractivity contribution in [1.29, 1.82) is 0 Å². The summed E-state index contributed by atoms with van der Waals surface area (Å²) in [6, 6.07) is 0.788. The first kappa shape index (κ1) is 17.3. The van der Waals surface area contributed by atoms with Crippen molar-refractivity contribution in [2.75, 3.05) is 6.54 Å². The second kappa shape index (κ2) is 7.49. The Morgan fingerprint density at radius 1 is 0.905 bits per heavy atom. The van der Waals surface area contributed by atoms with Gasteiger partial charge >= 0.3 is 0 Å². The van der Waals surface area contributed by atoms with E-state index < -0.39 is 0 Å². The predicted octanol–water partition coefficient (Wildman–Crippen LogP) is 5.93. The fraction of sp³-hybridized carbons (Fsp3) is 1.00. The van der Waals surface area contributed by atoms with Gasteiger partial charge in [0.15, 0.2) is 0 Å². The molecule has 0 aliphatic heterocycles. The van der Waals surface area contributed by atoms with Crippen molar-refractivity contribution >= 4 is 0 Å². The molecule has 3 atom stereocenters. The van der Waals surface area contributed by atoms with E-state index in [-0.39, 0.29) is 0 Å². The molecular weight excluding hydrogens is 254 g/mol. The van der Waals surface area contributed by atoms with Gasteiger partial charge in [0.05, 0.1) is 0 Å². The molecule has 2 fully saturated rings. The number of hydrogen-bond acceptors (Lipinski definition) is 1. The molecular formula is C20H39N. The Morgan fingerprint density at radius 2 is 1.52 bits per heavy atom. The van der Waals surface area contributed by atoms with Crippen molar-refractivity contribution < 1.29 is 0 Å².